The number of alkyl halides is 2. The normalized spacial score (nSPS) is 10.8. The summed E-state index contributed by atoms with van der Waals surface area (Å²) in [6.07, 6.45) is -3.84. The summed E-state index contributed by atoms with van der Waals surface area (Å²) >= 11 is 0. The Morgan fingerprint density at radius 2 is 1.67 bits per heavy atom. The van der Waals surface area contributed by atoms with Gasteiger partial charge in [-0.25, -0.2) is 8.78 Å². The van der Waals surface area contributed by atoms with Crippen LogP contribution in [-0.2, 0) is 4.79 Å². The van der Waals surface area contributed by atoms with Gasteiger partial charge in [-0.05, 0) is 16.8 Å². The van der Waals surface area contributed by atoms with Crippen LogP contribution in [0.25, 0.3) is 10.8 Å². The minimum Gasteiger partial charge on any atom is -0.294 e. The van der Waals surface area contributed by atoms with Crippen molar-refractivity contribution in [2.75, 3.05) is 0 Å². The Hall–Kier alpha value is -2.10. The summed E-state index contributed by atoms with van der Waals surface area (Å²) < 4.78 is 24.1. The summed E-state index contributed by atoms with van der Waals surface area (Å²) in [6.45, 7) is 0. The number of fused-ring (bicyclic) bond motifs is 1. The van der Waals surface area contributed by atoms with Crippen molar-refractivity contribution < 1.29 is 18.4 Å². The first-order valence-corrected chi connectivity index (χ1v) is 5.41. The van der Waals surface area contributed by atoms with Crippen LogP contribution in [-0.4, -0.2) is 18.0 Å². The highest BCUT2D eigenvalue weighted by Crippen LogP contribution is 2.17. The topological polar surface area (TPSA) is 34.1 Å². The number of ketones is 2. The highest BCUT2D eigenvalue weighted by molar-refractivity contribution is 6.10. The number of carbonyl (C=O) groups is 2. The molecule has 0 bridgehead atoms. The molecule has 0 aromatic heterocycles. The lowest BCUT2D eigenvalue weighted by Crippen LogP contribution is -2.15. The molecule has 0 saturated carbocycles. The Balaban J connectivity index is 2.26. The molecule has 0 amide bonds. The predicted molar refractivity (Wildman–Crippen MR) is 63.9 cm³/mol. The molecule has 0 atom stereocenters. The van der Waals surface area contributed by atoms with Crippen LogP contribution >= 0.6 is 0 Å². The highest BCUT2D eigenvalue weighted by atomic mass is 19.3. The molecule has 2 rings (SSSR count). The van der Waals surface area contributed by atoms with Crippen molar-refractivity contribution in [3.63, 3.8) is 0 Å². The Kier molecular flexibility index (Phi) is 3.46. The third kappa shape index (κ3) is 2.59. The van der Waals surface area contributed by atoms with Gasteiger partial charge in [0.2, 0.25) is 5.78 Å². The van der Waals surface area contributed by atoms with Crippen LogP contribution in [0.15, 0.2) is 42.5 Å². The Bertz CT molecular complexity index is 606. The van der Waals surface area contributed by atoms with Crippen molar-refractivity contribution in [1.29, 1.82) is 0 Å². The van der Waals surface area contributed by atoms with E-state index in [2.05, 4.69) is 0 Å². The molecule has 0 aliphatic rings. The maximum Gasteiger partial charge on any atom is 0.296 e. The lowest BCUT2D eigenvalue weighted by molar-refractivity contribution is -0.128. The van der Waals surface area contributed by atoms with Crippen LogP contribution in [0.5, 0.6) is 0 Å². The van der Waals surface area contributed by atoms with Gasteiger partial charge in [-0.3, -0.25) is 9.59 Å². The third-order valence-corrected chi connectivity index (χ3v) is 2.65. The van der Waals surface area contributed by atoms with Crippen LogP contribution in [0.2, 0.25) is 0 Å². The number of benzene rings is 2. The van der Waals surface area contributed by atoms with Crippen molar-refractivity contribution >= 4 is 22.3 Å². The maximum absolute atomic E-state index is 12.1. The van der Waals surface area contributed by atoms with E-state index in [0.717, 1.165) is 10.8 Å². The van der Waals surface area contributed by atoms with Gasteiger partial charge in [-0.1, -0.05) is 36.4 Å². The van der Waals surface area contributed by atoms with Gasteiger partial charge in [0.15, 0.2) is 5.78 Å². The van der Waals surface area contributed by atoms with E-state index < -0.39 is 24.4 Å². The van der Waals surface area contributed by atoms with Gasteiger partial charge in [-0.15, -0.1) is 0 Å². The standard InChI is InChI=1S/C14H10F2O2/c15-14(16)13(18)8-12(17)11-6-5-9-3-1-2-4-10(9)7-11/h1-7,14H,8H2. The molecule has 0 radical (unpaired) electrons. The summed E-state index contributed by atoms with van der Waals surface area (Å²) in [5.41, 5.74) is 0.280. The van der Waals surface area contributed by atoms with E-state index in [1.165, 1.54) is 0 Å². The molecule has 0 heterocycles. The zero-order valence-corrected chi connectivity index (χ0v) is 9.40. The van der Waals surface area contributed by atoms with Crippen LogP contribution in [0.4, 0.5) is 8.78 Å². The van der Waals surface area contributed by atoms with E-state index in [4.69, 9.17) is 0 Å². The molecule has 2 aromatic rings. The molecule has 0 aliphatic carbocycles. The Morgan fingerprint density at radius 3 is 2.33 bits per heavy atom. The molecule has 92 valence electrons. The van der Waals surface area contributed by atoms with Crippen LogP contribution in [0.1, 0.15) is 16.8 Å². The molecule has 0 fully saturated rings. The highest BCUT2D eigenvalue weighted by Gasteiger charge is 2.20. The molecular formula is C14H10F2O2. The fourth-order valence-electron chi connectivity index (χ4n) is 1.70. The van der Waals surface area contributed by atoms with Gasteiger partial charge in [0.1, 0.15) is 0 Å². The van der Waals surface area contributed by atoms with Crippen molar-refractivity contribution in [3.05, 3.63) is 48.0 Å². The van der Waals surface area contributed by atoms with Crippen molar-refractivity contribution in [2.45, 2.75) is 12.8 Å². The van der Waals surface area contributed by atoms with E-state index in [0.29, 0.717) is 0 Å². The number of hydrogen-bond acceptors (Lipinski definition) is 2. The van der Waals surface area contributed by atoms with Crippen molar-refractivity contribution in [3.8, 4) is 0 Å². The van der Waals surface area contributed by atoms with Gasteiger partial charge in [0, 0.05) is 5.56 Å². The summed E-state index contributed by atoms with van der Waals surface area (Å²) in [4.78, 5) is 22.5. The van der Waals surface area contributed by atoms with E-state index >= 15 is 0 Å². The number of carbonyl (C=O) groups excluding carboxylic acids is 2. The third-order valence-electron chi connectivity index (χ3n) is 2.65. The monoisotopic (exact) mass is 248 g/mol. The maximum atomic E-state index is 12.1. The Labute approximate surface area is 102 Å². The average Bonchev–Trinajstić information content (AvgIpc) is 2.37. The minimum atomic E-state index is -3.09. The molecule has 2 aromatic carbocycles. The summed E-state index contributed by atoms with van der Waals surface area (Å²) in [6, 6.07) is 12.3. The number of Topliss-reactive ketones (excluding diaryl/α,β-unsaturated/α-hetero) is 2. The average molecular weight is 248 g/mol. The van der Waals surface area contributed by atoms with E-state index in [1.807, 2.05) is 24.3 Å². The predicted octanol–water partition coefficient (Wildman–Crippen LogP) is 3.25. The van der Waals surface area contributed by atoms with E-state index in [1.54, 1.807) is 18.2 Å². The van der Waals surface area contributed by atoms with Gasteiger partial charge < -0.3 is 0 Å². The fraction of sp³-hybridized carbons (Fsp3) is 0.143. The molecular weight excluding hydrogens is 238 g/mol. The molecule has 0 saturated heterocycles. The number of rotatable bonds is 4. The first kappa shape index (κ1) is 12.4. The van der Waals surface area contributed by atoms with Crippen LogP contribution < -0.4 is 0 Å². The summed E-state index contributed by atoms with van der Waals surface area (Å²) in [5.74, 6) is -1.92. The van der Waals surface area contributed by atoms with E-state index in [-0.39, 0.29) is 5.56 Å². The van der Waals surface area contributed by atoms with Crippen LogP contribution in [0.3, 0.4) is 0 Å². The lowest BCUT2D eigenvalue weighted by Gasteiger charge is -2.02. The second-order valence-corrected chi connectivity index (χ2v) is 3.93. The molecule has 0 N–H and O–H groups in total. The largest absolute Gasteiger partial charge is 0.296 e. The SMILES string of the molecule is O=C(CC(=O)C(F)F)c1ccc2ccccc2c1. The second-order valence-electron chi connectivity index (χ2n) is 3.93. The zero-order chi connectivity index (χ0) is 13.1. The van der Waals surface area contributed by atoms with Gasteiger partial charge >= 0.3 is 0 Å². The summed E-state index contributed by atoms with van der Waals surface area (Å²) in [5, 5.41) is 1.79. The number of hydrogen-bond donors (Lipinski definition) is 0. The van der Waals surface area contributed by atoms with Gasteiger partial charge in [-0.2, -0.15) is 0 Å². The van der Waals surface area contributed by atoms with Crippen LogP contribution in [0, 0.1) is 0 Å². The van der Waals surface area contributed by atoms with Gasteiger partial charge in [0.25, 0.3) is 6.43 Å². The molecule has 0 spiro atoms. The smallest absolute Gasteiger partial charge is 0.294 e. The fourth-order valence-corrected chi connectivity index (χ4v) is 1.70. The molecule has 0 aliphatic heterocycles. The Morgan fingerprint density at radius 1 is 1.00 bits per heavy atom. The van der Waals surface area contributed by atoms with Crippen molar-refractivity contribution in [1.82, 2.24) is 0 Å². The molecule has 0 unspecified atom stereocenters. The van der Waals surface area contributed by atoms with Crippen molar-refractivity contribution in [2.24, 2.45) is 0 Å². The zero-order valence-electron chi connectivity index (χ0n) is 9.40. The first-order valence-electron chi connectivity index (χ1n) is 5.41. The lowest BCUT2D eigenvalue weighted by atomic mass is 10.0. The molecule has 18 heavy (non-hydrogen) atoms. The minimum absolute atomic E-state index is 0.280. The number of halogens is 2. The molecule has 2 nitrogen and oxygen atoms in total. The quantitative estimate of drug-likeness (QED) is 0.614. The summed E-state index contributed by atoms with van der Waals surface area (Å²) in [7, 11) is 0. The second kappa shape index (κ2) is 5.04. The first-order chi connectivity index (χ1) is 8.58. The van der Waals surface area contributed by atoms with E-state index in [9.17, 15) is 18.4 Å². The van der Waals surface area contributed by atoms with Gasteiger partial charge in [0.05, 0.1) is 6.42 Å². The molecule has 4 heteroatoms.